The molecule has 1 aromatic heterocycles. The Morgan fingerprint density at radius 3 is 2.73 bits per heavy atom. The van der Waals surface area contributed by atoms with Gasteiger partial charge in [-0.15, -0.1) is 0 Å². The molecule has 0 unspecified atom stereocenters. The molecule has 1 heterocycles. The molecule has 0 radical (unpaired) electrons. The molecule has 0 aliphatic carbocycles. The first-order valence-electron chi connectivity index (χ1n) is 7.79. The largest absolute Gasteiger partial charge is 0.419 e. The number of nitrogens with zero attached hydrogens (tertiary/aromatic N) is 1. The quantitative estimate of drug-likeness (QED) is 0.654. The van der Waals surface area contributed by atoms with Crippen LogP contribution in [0.5, 0.6) is 0 Å². The highest BCUT2D eigenvalue weighted by Gasteiger charge is 2.33. The van der Waals surface area contributed by atoms with Gasteiger partial charge in [-0.1, -0.05) is 12.1 Å². The summed E-state index contributed by atoms with van der Waals surface area (Å²) in [5.74, 6) is -0.269. The summed E-state index contributed by atoms with van der Waals surface area (Å²) in [6.07, 6.45) is -3.22. The predicted octanol–water partition coefficient (Wildman–Crippen LogP) is 3.48. The van der Waals surface area contributed by atoms with Gasteiger partial charge in [-0.25, -0.2) is 9.78 Å². The number of rotatable bonds is 7. The summed E-state index contributed by atoms with van der Waals surface area (Å²) in [7, 11) is 1.58. The molecule has 2 aromatic rings. The van der Waals surface area contributed by atoms with Crippen molar-refractivity contribution >= 4 is 17.5 Å². The molecule has 0 saturated heterocycles. The van der Waals surface area contributed by atoms with E-state index >= 15 is 0 Å². The van der Waals surface area contributed by atoms with Crippen LogP contribution >= 0.6 is 0 Å². The Labute approximate surface area is 148 Å². The van der Waals surface area contributed by atoms with Crippen molar-refractivity contribution in [3.05, 3.63) is 53.7 Å². The molecule has 9 heteroatoms. The Bertz CT molecular complexity index is 738. The van der Waals surface area contributed by atoms with E-state index in [4.69, 9.17) is 4.74 Å². The molecule has 1 aromatic carbocycles. The van der Waals surface area contributed by atoms with Crippen molar-refractivity contribution in [2.45, 2.75) is 12.8 Å². The van der Waals surface area contributed by atoms with Crippen molar-refractivity contribution < 1.29 is 22.7 Å². The van der Waals surface area contributed by atoms with Crippen LogP contribution in [0.25, 0.3) is 0 Å². The van der Waals surface area contributed by atoms with Gasteiger partial charge in [-0.3, -0.25) is 0 Å². The lowest BCUT2D eigenvalue weighted by molar-refractivity contribution is -0.137. The number of nitrogens with one attached hydrogen (secondary N) is 3. The molecule has 0 aliphatic rings. The number of methoxy groups -OCH3 is 1. The Kier molecular flexibility index (Phi) is 6.79. The van der Waals surface area contributed by atoms with Gasteiger partial charge in [-0.05, 0) is 29.8 Å². The molecule has 0 saturated carbocycles. The minimum atomic E-state index is -4.49. The third kappa shape index (κ3) is 5.92. The molecule has 0 spiro atoms. The summed E-state index contributed by atoms with van der Waals surface area (Å²) in [5, 5.41) is 7.78. The Hall–Kier alpha value is -2.81. The van der Waals surface area contributed by atoms with Crippen LogP contribution in [0.4, 0.5) is 29.5 Å². The van der Waals surface area contributed by atoms with Crippen LogP contribution in [-0.2, 0) is 17.5 Å². The third-order valence-corrected chi connectivity index (χ3v) is 3.31. The maximum absolute atomic E-state index is 12.8. The number of pyridine rings is 1. The van der Waals surface area contributed by atoms with Gasteiger partial charge in [-0.2, -0.15) is 13.2 Å². The van der Waals surface area contributed by atoms with Gasteiger partial charge in [0, 0.05) is 32.1 Å². The fourth-order valence-corrected chi connectivity index (χ4v) is 2.21. The number of ether oxygens (including phenoxy) is 1. The second-order valence-corrected chi connectivity index (χ2v) is 5.34. The molecule has 0 bridgehead atoms. The summed E-state index contributed by atoms with van der Waals surface area (Å²) in [5.41, 5.74) is 0.648. The lowest BCUT2D eigenvalue weighted by Crippen LogP contribution is -2.33. The molecule has 2 rings (SSSR count). The van der Waals surface area contributed by atoms with E-state index in [2.05, 4.69) is 20.9 Å². The van der Waals surface area contributed by atoms with E-state index in [0.29, 0.717) is 12.3 Å². The molecule has 0 fully saturated rings. The number of carbonyl (C=O) groups is 1. The van der Waals surface area contributed by atoms with Crippen LogP contribution in [0.3, 0.4) is 0 Å². The number of halogens is 3. The van der Waals surface area contributed by atoms with Crippen molar-refractivity contribution in [3.8, 4) is 0 Å². The second-order valence-electron chi connectivity index (χ2n) is 5.34. The number of carbonyl (C=O) groups excluding carboxylic acids is 1. The normalized spacial score (nSPS) is 11.1. The minimum absolute atomic E-state index is 0.0945. The summed E-state index contributed by atoms with van der Waals surface area (Å²) < 4.78 is 43.6. The van der Waals surface area contributed by atoms with Crippen LogP contribution in [0.15, 0.2) is 42.6 Å². The van der Waals surface area contributed by atoms with Crippen LogP contribution in [-0.4, -0.2) is 31.2 Å². The van der Waals surface area contributed by atoms with Crippen LogP contribution in [0, 0.1) is 0 Å². The standard InChI is InChI=1S/C17H19F3N4O2/c1-26-11-12-4-2-5-13(10-12)24-16(25)23-9-8-22-15-14(17(18,19)20)6-3-7-21-15/h2-7,10H,8-9,11H2,1H3,(H,21,22)(H2,23,24,25). The average molecular weight is 368 g/mol. The van der Waals surface area contributed by atoms with E-state index in [9.17, 15) is 18.0 Å². The number of hydrogen-bond donors (Lipinski definition) is 3. The first-order chi connectivity index (χ1) is 12.4. The highest BCUT2D eigenvalue weighted by Crippen LogP contribution is 2.33. The number of urea groups is 1. The molecule has 140 valence electrons. The number of benzene rings is 1. The molecule has 3 N–H and O–H groups in total. The van der Waals surface area contributed by atoms with Crippen molar-refractivity contribution in [1.82, 2.24) is 10.3 Å². The molecule has 2 amide bonds. The number of aromatic nitrogens is 1. The maximum atomic E-state index is 12.8. The maximum Gasteiger partial charge on any atom is 0.419 e. The van der Waals surface area contributed by atoms with Crippen molar-refractivity contribution in [2.24, 2.45) is 0 Å². The number of hydrogen-bond acceptors (Lipinski definition) is 4. The summed E-state index contributed by atoms with van der Waals surface area (Å²) in [4.78, 5) is 15.5. The molecule has 26 heavy (non-hydrogen) atoms. The van der Waals surface area contributed by atoms with E-state index in [0.717, 1.165) is 11.6 Å². The Morgan fingerprint density at radius 2 is 2.00 bits per heavy atom. The zero-order valence-electron chi connectivity index (χ0n) is 14.1. The van der Waals surface area contributed by atoms with Crippen LogP contribution < -0.4 is 16.0 Å². The van der Waals surface area contributed by atoms with E-state index in [-0.39, 0.29) is 18.9 Å². The zero-order valence-corrected chi connectivity index (χ0v) is 14.1. The summed E-state index contributed by atoms with van der Waals surface area (Å²) in [6.45, 7) is 0.640. The first-order valence-corrected chi connectivity index (χ1v) is 7.79. The Balaban J connectivity index is 1.80. The van der Waals surface area contributed by atoms with Crippen molar-refractivity contribution in [2.75, 3.05) is 30.8 Å². The minimum Gasteiger partial charge on any atom is -0.380 e. The number of anilines is 2. The van der Waals surface area contributed by atoms with Crippen molar-refractivity contribution in [1.29, 1.82) is 0 Å². The van der Waals surface area contributed by atoms with Gasteiger partial charge in [0.2, 0.25) is 0 Å². The van der Waals surface area contributed by atoms with E-state index in [1.165, 1.54) is 12.3 Å². The number of amides is 2. The van der Waals surface area contributed by atoms with E-state index < -0.39 is 17.8 Å². The summed E-state index contributed by atoms with van der Waals surface area (Å²) >= 11 is 0. The second kappa shape index (κ2) is 9.04. The van der Waals surface area contributed by atoms with Gasteiger partial charge < -0.3 is 20.7 Å². The molecular formula is C17H19F3N4O2. The van der Waals surface area contributed by atoms with Gasteiger partial charge in [0.1, 0.15) is 5.82 Å². The topological polar surface area (TPSA) is 75.3 Å². The van der Waals surface area contributed by atoms with Gasteiger partial charge >= 0.3 is 12.2 Å². The third-order valence-electron chi connectivity index (χ3n) is 3.31. The molecule has 0 atom stereocenters. The van der Waals surface area contributed by atoms with Crippen LogP contribution in [0.1, 0.15) is 11.1 Å². The SMILES string of the molecule is COCc1cccc(NC(=O)NCCNc2ncccc2C(F)(F)F)c1. The highest BCUT2D eigenvalue weighted by atomic mass is 19.4. The van der Waals surface area contributed by atoms with E-state index in [1.54, 1.807) is 25.3 Å². The highest BCUT2D eigenvalue weighted by molar-refractivity contribution is 5.89. The zero-order chi connectivity index (χ0) is 19.0. The van der Waals surface area contributed by atoms with Gasteiger partial charge in [0.05, 0.1) is 12.2 Å². The fourth-order valence-electron chi connectivity index (χ4n) is 2.21. The van der Waals surface area contributed by atoms with Crippen molar-refractivity contribution in [3.63, 3.8) is 0 Å². The monoisotopic (exact) mass is 368 g/mol. The molecular weight excluding hydrogens is 349 g/mol. The number of alkyl halides is 3. The lowest BCUT2D eigenvalue weighted by atomic mass is 10.2. The predicted molar refractivity (Wildman–Crippen MR) is 91.9 cm³/mol. The van der Waals surface area contributed by atoms with E-state index in [1.807, 2.05) is 6.07 Å². The van der Waals surface area contributed by atoms with Gasteiger partial charge in [0.25, 0.3) is 0 Å². The molecule has 0 aliphatic heterocycles. The Morgan fingerprint density at radius 1 is 1.19 bits per heavy atom. The smallest absolute Gasteiger partial charge is 0.380 e. The summed E-state index contributed by atoms with van der Waals surface area (Å²) in [6, 6.07) is 8.84. The molecule has 6 nitrogen and oxygen atoms in total. The van der Waals surface area contributed by atoms with Gasteiger partial charge in [0.15, 0.2) is 0 Å². The lowest BCUT2D eigenvalue weighted by Gasteiger charge is -2.13. The first kappa shape index (κ1) is 19.5. The van der Waals surface area contributed by atoms with Crippen LogP contribution in [0.2, 0.25) is 0 Å². The fraction of sp³-hybridized carbons (Fsp3) is 0.294. The average Bonchev–Trinajstić information content (AvgIpc) is 2.59.